The van der Waals surface area contributed by atoms with Gasteiger partial charge in [-0.25, -0.2) is 0 Å². The summed E-state index contributed by atoms with van der Waals surface area (Å²) in [7, 11) is 0. The Morgan fingerprint density at radius 2 is 1.83 bits per heavy atom. The molecule has 0 amide bonds. The van der Waals surface area contributed by atoms with Crippen molar-refractivity contribution in [2.45, 2.75) is 31.1 Å². The van der Waals surface area contributed by atoms with E-state index in [1.54, 1.807) is 31.2 Å². The van der Waals surface area contributed by atoms with Gasteiger partial charge in [0, 0.05) is 5.41 Å². The molecule has 7 nitrogen and oxygen atoms in total. The Kier molecular flexibility index (Phi) is 3.66. The predicted octanol–water partition coefficient (Wildman–Crippen LogP) is 1.31. The van der Waals surface area contributed by atoms with E-state index in [2.05, 4.69) is 4.74 Å². The Morgan fingerprint density at radius 3 is 2.38 bits per heavy atom. The molecule has 0 bridgehead atoms. The molecule has 0 saturated carbocycles. The highest BCUT2D eigenvalue weighted by atomic mass is 16.6. The highest BCUT2D eigenvalue weighted by molar-refractivity contribution is 5.96. The van der Waals surface area contributed by atoms with Crippen LogP contribution in [0.25, 0.3) is 0 Å². The number of fused-ring (bicyclic) bond motifs is 1. The zero-order valence-corrected chi connectivity index (χ0v) is 12.9. The molecule has 1 saturated heterocycles. The van der Waals surface area contributed by atoms with E-state index in [-0.39, 0.29) is 12.8 Å². The van der Waals surface area contributed by atoms with Crippen molar-refractivity contribution in [3.63, 3.8) is 0 Å². The third-order valence-corrected chi connectivity index (χ3v) is 5.18. The molecular formula is C17H16O7. The summed E-state index contributed by atoms with van der Waals surface area (Å²) in [6.45, 7) is 1.70. The molecular weight excluding hydrogens is 316 g/mol. The second-order valence-electron chi connectivity index (χ2n) is 6.52. The second kappa shape index (κ2) is 5.43. The fourth-order valence-electron chi connectivity index (χ4n) is 4.02. The third-order valence-electron chi connectivity index (χ3n) is 5.18. The topological polar surface area (TPSA) is 118 Å². The maximum atomic E-state index is 12.1. The van der Waals surface area contributed by atoms with Crippen LogP contribution in [0.15, 0.2) is 24.3 Å². The van der Waals surface area contributed by atoms with Crippen molar-refractivity contribution in [2.75, 3.05) is 0 Å². The van der Waals surface area contributed by atoms with Crippen molar-refractivity contribution >= 4 is 23.9 Å². The van der Waals surface area contributed by atoms with Crippen molar-refractivity contribution in [3.8, 4) is 0 Å². The summed E-state index contributed by atoms with van der Waals surface area (Å²) in [4.78, 5) is 46.9. The molecule has 1 heterocycles. The molecule has 0 spiro atoms. The predicted molar refractivity (Wildman–Crippen MR) is 79.1 cm³/mol. The Bertz CT molecular complexity index is 753. The number of benzene rings is 1. The smallest absolute Gasteiger partial charge is 0.318 e. The normalized spacial score (nSPS) is 32.1. The standard InChI is InChI=1S/C17H16O7/c1-17(11-6-12(18)24-16(11)23)7-9(14(19)20)13(15(21)22)8-4-2-3-5-10(8)17/h2-5,9,11,13H,6-7H2,1H3,(H,19,20)(H,21,22). The molecule has 4 unspecified atom stereocenters. The molecule has 0 radical (unpaired) electrons. The molecule has 1 fully saturated rings. The summed E-state index contributed by atoms with van der Waals surface area (Å²) >= 11 is 0. The van der Waals surface area contributed by atoms with Gasteiger partial charge in [-0.15, -0.1) is 0 Å². The van der Waals surface area contributed by atoms with Gasteiger partial charge in [-0.3, -0.25) is 19.2 Å². The highest BCUT2D eigenvalue weighted by Crippen LogP contribution is 2.52. The monoisotopic (exact) mass is 332 g/mol. The van der Waals surface area contributed by atoms with E-state index in [0.29, 0.717) is 11.1 Å². The first-order chi connectivity index (χ1) is 11.3. The fourth-order valence-corrected chi connectivity index (χ4v) is 4.02. The van der Waals surface area contributed by atoms with Crippen LogP contribution < -0.4 is 0 Å². The number of carboxylic acid groups (broad SMARTS) is 2. The number of carbonyl (C=O) groups excluding carboxylic acids is 2. The van der Waals surface area contributed by atoms with Crippen molar-refractivity contribution < 1.29 is 34.1 Å². The van der Waals surface area contributed by atoms with Crippen LogP contribution in [0.3, 0.4) is 0 Å². The molecule has 3 rings (SSSR count). The molecule has 126 valence electrons. The number of aliphatic carboxylic acids is 2. The van der Waals surface area contributed by atoms with Gasteiger partial charge in [-0.1, -0.05) is 31.2 Å². The van der Waals surface area contributed by atoms with Gasteiger partial charge < -0.3 is 14.9 Å². The first-order valence-corrected chi connectivity index (χ1v) is 7.55. The largest absolute Gasteiger partial charge is 0.481 e. The minimum atomic E-state index is -1.24. The average Bonchev–Trinajstić information content (AvgIpc) is 2.86. The average molecular weight is 332 g/mol. The number of hydrogen-bond donors (Lipinski definition) is 2. The first-order valence-electron chi connectivity index (χ1n) is 7.55. The molecule has 1 aromatic carbocycles. The maximum absolute atomic E-state index is 12.1. The fraction of sp³-hybridized carbons (Fsp3) is 0.412. The van der Waals surface area contributed by atoms with Crippen LogP contribution in [0.2, 0.25) is 0 Å². The van der Waals surface area contributed by atoms with E-state index < -0.39 is 47.0 Å². The molecule has 24 heavy (non-hydrogen) atoms. The van der Waals surface area contributed by atoms with Gasteiger partial charge in [0.1, 0.15) is 0 Å². The van der Waals surface area contributed by atoms with Gasteiger partial charge in [0.15, 0.2) is 0 Å². The number of ether oxygens (including phenoxy) is 1. The Labute approximate surface area is 137 Å². The van der Waals surface area contributed by atoms with Crippen LogP contribution in [0.1, 0.15) is 36.8 Å². The molecule has 2 N–H and O–H groups in total. The first kappa shape index (κ1) is 16.2. The maximum Gasteiger partial charge on any atom is 0.318 e. The zero-order valence-electron chi connectivity index (χ0n) is 12.9. The van der Waals surface area contributed by atoms with Gasteiger partial charge in [-0.2, -0.15) is 0 Å². The van der Waals surface area contributed by atoms with E-state index in [9.17, 15) is 29.4 Å². The van der Waals surface area contributed by atoms with Crippen LogP contribution >= 0.6 is 0 Å². The Hall–Kier alpha value is -2.70. The van der Waals surface area contributed by atoms with Crippen LogP contribution in [-0.2, 0) is 29.3 Å². The van der Waals surface area contributed by atoms with E-state index in [0.717, 1.165) is 0 Å². The quantitative estimate of drug-likeness (QED) is 0.633. The summed E-state index contributed by atoms with van der Waals surface area (Å²) < 4.78 is 4.64. The van der Waals surface area contributed by atoms with Crippen LogP contribution in [-0.4, -0.2) is 34.1 Å². The number of carbonyl (C=O) groups is 4. The van der Waals surface area contributed by atoms with Crippen molar-refractivity contribution in [1.82, 2.24) is 0 Å². The van der Waals surface area contributed by atoms with Crippen molar-refractivity contribution in [1.29, 1.82) is 0 Å². The van der Waals surface area contributed by atoms with Crippen LogP contribution in [0.4, 0.5) is 0 Å². The summed E-state index contributed by atoms with van der Waals surface area (Å²) in [6.07, 6.45) is -0.183. The lowest BCUT2D eigenvalue weighted by atomic mass is 9.58. The Morgan fingerprint density at radius 1 is 1.17 bits per heavy atom. The summed E-state index contributed by atoms with van der Waals surface area (Å²) in [5, 5.41) is 19.1. The van der Waals surface area contributed by atoms with Crippen molar-refractivity contribution in [3.05, 3.63) is 35.4 Å². The summed E-state index contributed by atoms with van der Waals surface area (Å²) in [5.74, 6) is -6.98. The molecule has 2 aliphatic rings. The van der Waals surface area contributed by atoms with E-state index in [4.69, 9.17) is 0 Å². The van der Waals surface area contributed by atoms with Crippen LogP contribution in [0, 0.1) is 11.8 Å². The molecule has 1 aliphatic carbocycles. The van der Waals surface area contributed by atoms with Gasteiger partial charge in [0.2, 0.25) is 0 Å². The number of esters is 2. The van der Waals surface area contributed by atoms with Gasteiger partial charge >= 0.3 is 23.9 Å². The number of rotatable bonds is 3. The lowest BCUT2D eigenvalue weighted by molar-refractivity contribution is -0.155. The van der Waals surface area contributed by atoms with Gasteiger partial charge in [0.25, 0.3) is 0 Å². The minimum absolute atomic E-state index is 0.0522. The minimum Gasteiger partial charge on any atom is -0.481 e. The zero-order chi connectivity index (χ0) is 17.6. The Balaban J connectivity index is 2.19. The van der Waals surface area contributed by atoms with E-state index in [1.807, 2.05) is 0 Å². The third kappa shape index (κ3) is 2.28. The van der Waals surface area contributed by atoms with E-state index in [1.165, 1.54) is 0 Å². The second-order valence-corrected chi connectivity index (χ2v) is 6.52. The lowest BCUT2D eigenvalue weighted by Gasteiger charge is -2.43. The van der Waals surface area contributed by atoms with Gasteiger partial charge in [0.05, 0.1) is 24.2 Å². The van der Waals surface area contributed by atoms with Gasteiger partial charge in [-0.05, 0) is 17.5 Å². The van der Waals surface area contributed by atoms with Crippen LogP contribution in [0.5, 0.6) is 0 Å². The molecule has 4 atom stereocenters. The lowest BCUT2D eigenvalue weighted by Crippen LogP contribution is -2.46. The SMILES string of the molecule is CC1(C2CC(=O)OC2=O)CC(C(=O)O)C(C(=O)O)c2ccccc21. The molecule has 0 aromatic heterocycles. The summed E-state index contributed by atoms with van der Waals surface area (Å²) in [5.41, 5.74) is -0.0145. The van der Waals surface area contributed by atoms with Crippen molar-refractivity contribution in [2.24, 2.45) is 11.8 Å². The number of hydrogen-bond acceptors (Lipinski definition) is 5. The molecule has 1 aliphatic heterocycles. The molecule has 7 heteroatoms. The molecule has 1 aromatic rings. The highest BCUT2D eigenvalue weighted by Gasteiger charge is 2.55. The number of cyclic esters (lactones) is 2. The number of carboxylic acids is 2. The summed E-state index contributed by atoms with van der Waals surface area (Å²) in [6, 6.07) is 6.61. The van der Waals surface area contributed by atoms with E-state index >= 15 is 0 Å².